The van der Waals surface area contributed by atoms with Gasteiger partial charge in [-0.25, -0.2) is 0 Å². The largest absolute Gasteiger partial charge is 0.508 e. The summed E-state index contributed by atoms with van der Waals surface area (Å²) in [4.78, 5) is 11.4. The highest BCUT2D eigenvalue weighted by atomic mass is 32.2. The van der Waals surface area contributed by atoms with E-state index in [1.54, 1.807) is 30.0 Å². The highest BCUT2D eigenvalue weighted by Crippen LogP contribution is 2.24. The van der Waals surface area contributed by atoms with E-state index in [0.717, 1.165) is 17.1 Å². The fraction of sp³-hybridized carbons (Fsp3) is 0.364. The Labute approximate surface area is 92.9 Å². The summed E-state index contributed by atoms with van der Waals surface area (Å²) in [5.41, 5.74) is 0.970. The third kappa shape index (κ3) is 2.65. The molecule has 1 fully saturated rings. The van der Waals surface area contributed by atoms with Gasteiger partial charge in [0.1, 0.15) is 5.75 Å². The van der Waals surface area contributed by atoms with Crippen LogP contribution in [0, 0.1) is 0 Å². The van der Waals surface area contributed by atoms with Crippen LogP contribution in [0.25, 0.3) is 0 Å². The topological polar surface area (TPSA) is 49.3 Å². The summed E-state index contributed by atoms with van der Waals surface area (Å²) < 4.78 is 0. The van der Waals surface area contributed by atoms with Gasteiger partial charge in [-0.05, 0) is 17.7 Å². The van der Waals surface area contributed by atoms with Gasteiger partial charge in [-0.2, -0.15) is 11.8 Å². The van der Waals surface area contributed by atoms with Crippen molar-refractivity contribution in [2.24, 2.45) is 0 Å². The molecule has 2 rings (SSSR count). The summed E-state index contributed by atoms with van der Waals surface area (Å²) in [5.74, 6) is 2.08. The maximum absolute atomic E-state index is 11.4. The van der Waals surface area contributed by atoms with E-state index in [1.165, 1.54) is 0 Å². The molecule has 80 valence electrons. The summed E-state index contributed by atoms with van der Waals surface area (Å²) in [6.07, 6.45) is 0.583. The van der Waals surface area contributed by atoms with Gasteiger partial charge in [0.2, 0.25) is 5.91 Å². The number of hydrogen-bond donors (Lipinski definition) is 2. The van der Waals surface area contributed by atoms with E-state index in [2.05, 4.69) is 5.32 Å². The molecule has 1 aromatic carbocycles. The van der Waals surface area contributed by atoms with Gasteiger partial charge in [0.25, 0.3) is 0 Å². The van der Waals surface area contributed by atoms with Gasteiger partial charge in [-0.1, -0.05) is 12.1 Å². The van der Waals surface area contributed by atoms with Gasteiger partial charge in [-0.15, -0.1) is 0 Å². The second-order valence-electron chi connectivity index (χ2n) is 3.54. The lowest BCUT2D eigenvalue weighted by molar-refractivity contribution is -0.121. The van der Waals surface area contributed by atoms with Gasteiger partial charge >= 0.3 is 0 Å². The van der Waals surface area contributed by atoms with Gasteiger partial charge in [-0.3, -0.25) is 4.79 Å². The number of carbonyl (C=O) groups is 1. The first-order valence-corrected chi connectivity index (χ1v) is 6.07. The van der Waals surface area contributed by atoms with Crippen LogP contribution in [0.2, 0.25) is 0 Å². The zero-order chi connectivity index (χ0) is 10.7. The second-order valence-corrected chi connectivity index (χ2v) is 4.69. The van der Waals surface area contributed by atoms with Crippen molar-refractivity contribution in [3.8, 4) is 5.75 Å². The average molecular weight is 223 g/mol. The van der Waals surface area contributed by atoms with E-state index in [1.807, 2.05) is 6.07 Å². The molecule has 1 aliphatic heterocycles. The number of rotatable bonds is 1. The Morgan fingerprint density at radius 1 is 1.47 bits per heavy atom. The number of thioether (sulfide) groups is 1. The number of aromatic hydroxyl groups is 1. The molecule has 3 nitrogen and oxygen atoms in total. The molecular formula is C11H13NO2S. The molecule has 0 radical (unpaired) electrons. The number of carbonyl (C=O) groups excluding carboxylic acids is 1. The highest BCUT2D eigenvalue weighted by Gasteiger charge is 2.18. The van der Waals surface area contributed by atoms with Crippen LogP contribution >= 0.6 is 11.8 Å². The number of phenols is 1. The average Bonchev–Trinajstić information content (AvgIpc) is 2.43. The molecule has 0 bridgehead atoms. The van der Waals surface area contributed by atoms with Crippen molar-refractivity contribution in [2.45, 2.75) is 12.5 Å². The van der Waals surface area contributed by atoms with Crippen LogP contribution in [0.4, 0.5) is 0 Å². The van der Waals surface area contributed by atoms with Crippen LogP contribution in [-0.4, -0.2) is 22.5 Å². The Morgan fingerprint density at radius 2 is 2.33 bits per heavy atom. The number of amides is 1. The molecule has 0 aliphatic carbocycles. The monoisotopic (exact) mass is 223 g/mol. The zero-order valence-electron chi connectivity index (χ0n) is 8.27. The number of nitrogens with one attached hydrogen (secondary N) is 1. The lowest BCUT2D eigenvalue weighted by Crippen LogP contribution is -2.27. The molecule has 15 heavy (non-hydrogen) atoms. The van der Waals surface area contributed by atoms with Crippen molar-refractivity contribution in [3.63, 3.8) is 0 Å². The predicted octanol–water partition coefficient (Wildman–Crippen LogP) is 1.69. The van der Waals surface area contributed by atoms with Gasteiger partial charge in [0.05, 0.1) is 6.04 Å². The molecule has 1 unspecified atom stereocenters. The van der Waals surface area contributed by atoms with E-state index in [0.29, 0.717) is 6.42 Å². The van der Waals surface area contributed by atoms with Crippen LogP contribution < -0.4 is 5.32 Å². The van der Waals surface area contributed by atoms with Crippen molar-refractivity contribution in [1.82, 2.24) is 5.32 Å². The van der Waals surface area contributed by atoms with E-state index < -0.39 is 0 Å². The lowest BCUT2D eigenvalue weighted by atomic mass is 10.1. The lowest BCUT2D eigenvalue weighted by Gasteiger charge is -2.15. The highest BCUT2D eigenvalue weighted by molar-refractivity contribution is 7.99. The van der Waals surface area contributed by atoms with Crippen LogP contribution in [0.1, 0.15) is 18.0 Å². The minimum atomic E-state index is 0.0251. The van der Waals surface area contributed by atoms with Crippen LogP contribution in [0.15, 0.2) is 24.3 Å². The molecule has 1 aliphatic rings. The third-order valence-electron chi connectivity index (χ3n) is 2.37. The van der Waals surface area contributed by atoms with Gasteiger partial charge in [0.15, 0.2) is 0 Å². The minimum absolute atomic E-state index is 0.0251. The summed E-state index contributed by atoms with van der Waals surface area (Å²) in [7, 11) is 0. The van der Waals surface area contributed by atoms with Crippen molar-refractivity contribution >= 4 is 17.7 Å². The molecule has 4 heteroatoms. The first-order chi connectivity index (χ1) is 7.25. The second kappa shape index (κ2) is 4.57. The zero-order valence-corrected chi connectivity index (χ0v) is 9.09. The molecule has 0 saturated carbocycles. The van der Waals surface area contributed by atoms with E-state index in [-0.39, 0.29) is 17.7 Å². The van der Waals surface area contributed by atoms with Gasteiger partial charge < -0.3 is 10.4 Å². The van der Waals surface area contributed by atoms with Crippen LogP contribution in [0.3, 0.4) is 0 Å². The van der Waals surface area contributed by atoms with Crippen molar-refractivity contribution in [3.05, 3.63) is 29.8 Å². The summed E-state index contributed by atoms with van der Waals surface area (Å²) >= 11 is 1.76. The van der Waals surface area contributed by atoms with Gasteiger partial charge in [0, 0.05) is 17.9 Å². The molecule has 0 aromatic heterocycles. The smallest absolute Gasteiger partial charge is 0.221 e. The SMILES string of the molecule is O=C1CCSCC(c2cccc(O)c2)N1. The Balaban J connectivity index is 2.18. The number of benzene rings is 1. The Morgan fingerprint density at radius 3 is 3.13 bits per heavy atom. The molecule has 1 atom stereocenters. The predicted molar refractivity (Wildman–Crippen MR) is 60.9 cm³/mol. The van der Waals surface area contributed by atoms with E-state index in [9.17, 15) is 9.90 Å². The Bertz CT molecular complexity index is 367. The standard InChI is InChI=1S/C11H13NO2S/c13-9-3-1-2-8(6-9)10-7-15-5-4-11(14)12-10/h1-3,6,10,13H,4-5,7H2,(H,12,14). The fourth-order valence-corrected chi connectivity index (χ4v) is 2.60. The third-order valence-corrected chi connectivity index (χ3v) is 3.43. The normalized spacial score (nSPS) is 21.9. The fourth-order valence-electron chi connectivity index (χ4n) is 1.60. The number of hydrogen-bond acceptors (Lipinski definition) is 3. The molecule has 0 spiro atoms. The molecule has 1 saturated heterocycles. The van der Waals surface area contributed by atoms with Crippen molar-refractivity contribution < 1.29 is 9.90 Å². The summed E-state index contributed by atoms with van der Waals surface area (Å²) in [5, 5.41) is 12.3. The quantitative estimate of drug-likeness (QED) is 0.761. The molecule has 1 amide bonds. The van der Waals surface area contributed by atoms with Crippen molar-refractivity contribution in [2.75, 3.05) is 11.5 Å². The van der Waals surface area contributed by atoms with Crippen molar-refractivity contribution in [1.29, 1.82) is 0 Å². The molecule has 1 heterocycles. The molecular weight excluding hydrogens is 210 g/mol. The summed E-state index contributed by atoms with van der Waals surface area (Å²) in [6, 6.07) is 7.09. The maximum atomic E-state index is 11.4. The first-order valence-electron chi connectivity index (χ1n) is 4.92. The first kappa shape index (κ1) is 10.4. The van der Waals surface area contributed by atoms with E-state index >= 15 is 0 Å². The Hall–Kier alpha value is -1.16. The van der Waals surface area contributed by atoms with E-state index in [4.69, 9.17) is 0 Å². The maximum Gasteiger partial charge on any atom is 0.221 e. The minimum Gasteiger partial charge on any atom is -0.508 e. The summed E-state index contributed by atoms with van der Waals surface area (Å²) in [6.45, 7) is 0. The van der Waals surface area contributed by atoms with Crippen LogP contribution in [-0.2, 0) is 4.79 Å². The Kier molecular flexibility index (Phi) is 3.16. The number of phenolic OH excluding ortho intramolecular Hbond substituents is 1. The molecule has 1 aromatic rings. The molecule has 2 N–H and O–H groups in total. The van der Waals surface area contributed by atoms with Crippen LogP contribution in [0.5, 0.6) is 5.75 Å².